The maximum atomic E-state index is 7.22. The summed E-state index contributed by atoms with van der Waals surface area (Å²) in [6, 6.07) is 11.8. The highest BCUT2D eigenvalue weighted by atomic mass is 28.4. The predicted molar refractivity (Wildman–Crippen MR) is 169 cm³/mol. The number of unbranched alkanes of at least 4 members (excludes halogenated alkanes) is 2. The first-order chi connectivity index (χ1) is 18.2. The van der Waals surface area contributed by atoms with Gasteiger partial charge in [0.25, 0.3) is 0 Å². The zero-order valence-electron chi connectivity index (χ0n) is 26.3. The van der Waals surface area contributed by atoms with Crippen LogP contribution in [0.3, 0.4) is 0 Å². The van der Waals surface area contributed by atoms with Gasteiger partial charge in [-0.3, -0.25) is 0 Å². The first-order valence-electron chi connectivity index (χ1n) is 16.0. The molecule has 0 spiro atoms. The second-order valence-electron chi connectivity index (χ2n) is 12.5. The highest BCUT2D eigenvalue weighted by Gasteiger charge is 2.46. The number of fused-ring (bicyclic) bond motifs is 3. The van der Waals surface area contributed by atoms with Gasteiger partial charge in [-0.05, 0) is 99.1 Å². The van der Waals surface area contributed by atoms with Crippen LogP contribution in [-0.4, -0.2) is 28.8 Å². The molecule has 3 rings (SSSR count). The van der Waals surface area contributed by atoms with Gasteiger partial charge in [-0.15, -0.1) is 0 Å². The van der Waals surface area contributed by atoms with Crippen LogP contribution < -0.4 is 9.16 Å². The lowest BCUT2D eigenvalue weighted by Crippen LogP contribution is -2.46. The molecule has 1 aromatic rings. The Balaban J connectivity index is 2.07. The lowest BCUT2D eigenvalue weighted by molar-refractivity contribution is 0.0104. The summed E-state index contributed by atoms with van der Waals surface area (Å²) in [6.45, 7) is 21.7. The molecule has 0 aromatic heterocycles. The average Bonchev–Trinajstić information content (AvgIpc) is 2.92. The van der Waals surface area contributed by atoms with E-state index in [9.17, 15) is 0 Å². The molecule has 0 N–H and O–H groups in total. The molecule has 38 heavy (non-hydrogen) atoms. The maximum absolute atomic E-state index is 7.22. The van der Waals surface area contributed by atoms with Gasteiger partial charge in [-0.1, -0.05) is 67.4 Å². The number of aryl methyl sites for hydroxylation is 1. The predicted octanol–water partition coefficient (Wildman–Crippen LogP) is 10.4. The van der Waals surface area contributed by atoms with Crippen LogP contribution in [0.4, 0.5) is 0 Å². The van der Waals surface area contributed by atoms with E-state index in [0.717, 1.165) is 55.5 Å². The lowest BCUT2D eigenvalue weighted by atomic mass is 9.68. The van der Waals surface area contributed by atoms with Gasteiger partial charge < -0.3 is 13.6 Å². The minimum Gasteiger partial charge on any atom is -0.543 e. The number of allylic oxidation sites excluding steroid dienone is 1. The standard InChI is InChI=1S/C33H58O3Si2/c1-10-17-18-19-26-23-30-32(31(24-26)36-38(14-5,15-6)16-7)28-22-27(20-21-29(28)33(8,9)35-30)25-34-37(11-2,12-3)13-4/h22-24,28-29H,10-21,25H2,1-9H3/t28-,29-/m1/s1. The van der Waals surface area contributed by atoms with Crippen molar-refractivity contribution in [2.75, 3.05) is 6.61 Å². The van der Waals surface area contributed by atoms with Crippen molar-refractivity contribution in [1.82, 2.24) is 0 Å². The molecule has 0 amide bonds. The third-order valence-electron chi connectivity index (χ3n) is 10.2. The van der Waals surface area contributed by atoms with E-state index < -0.39 is 16.6 Å². The van der Waals surface area contributed by atoms with Gasteiger partial charge in [0.1, 0.15) is 17.1 Å². The molecule has 0 unspecified atom stereocenters. The van der Waals surface area contributed by atoms with Crippen molar-refractivity contribution >= 4 is 16.6 Å². The summed E-state index contributed by atoms with van der Waals surface area (Å²) in [5, 5.41) is 0. The van der Waals surface area contributed by atoms with E-state index in [4.69, 9.17) is 13.6 Å². The van der Waals surface area contributed by atoms with E-state index in [0.29, 0.717) is 11.8 Å². The van der Waals surface area contributed by atoms with Gasteiger partial charge in [-0.2, -0.15) is 0 Å². The molecule has 1 aromatic carbocycles. The zero-order valence-corrected chi connectivity index (χ0v) is 28.3. The monoisotopic (exact) mass is 558 g/mol. The molecule has 1 aliphatic carbocycles. The van der Waals surface area contributed by atoms with Crippen molar-refractivity contribution in [3.05, 3.63) is 34.9 Å². The molecule has 0 saturated carbocycles. The highest BCUT2D eigenvalue weighted by molar-refractivity contribution is 6.74. The van der Waals surface area contributed by atoms with Crippen molar-refractivity contribution in [3.8, 4) is 11.5 Å². The van der Waals surface area contributed by atoms with Crippen LogP contribution >= 0.6 is 0 Å². The van der Waals surface area contributed by atoms with E-state index in [2.05, 4.69) is 80.5 Å². The SMILES string of the molecule is CCCCCc1cc2c(c(O[Si](CC)(CC)CC)c1)[C@@H]1C=C(CO[Si](CC)(CC)CC)CC[C@H]1C(C)(C)O2. The van der Waals surface area contributed by atoms with Gasteiger partial charge in [0.15, 0.2) is 8.32 Å². The van der Waals surface area contributed by atoms with Crippen LogP contribution in [0.5, 0.6) is 11.5 Å². The van der Waals surface area contributed by atoms with Crippen molar-refractivity contribution in [1.29, 1.82) is 0 Å². The topological polar surface area (TPSA) is 27.7 Å². The quantitative estimate of drug-likeness (QED) is 0.122. The van der Waals surface area contributed by atoms with Gasteiger partial charge in [0, 0.05) is 17.4 Å². The van der Waals surface area contributed by atoms with Crippen molar-refractivity contribution < 1.29 is 13.6 Å². The summed E-state index contributed by atoms with van der Waals surface area (Å²) < 4.78 is 20.9. The summed E-state index contributed by atoms with van der Waals surface area (Å²) in [5.74, 6) is 3.00. The molecular weight excluding hydrogens is 501 g/mol. The fraction of sp³-hybridized carbons (Fsp3) is 0.758. The Morgan fingerprint density at radius 3 is 2.08 bits per heavy atom. The molecule has 0 saturated heterocycles. The number of ether oxygens (including phenoxy) is 1. The van der Waals surface area contributed by atoms with Crippen LogP contribution in [0, 0.1) is 5.92 Å². The Bertz CT molecular complexity index is 914. The van der Waals surface area contributed by atoms with Gasteiger partial charge in [-0.25, -0.2) is 0 Å². The molecule has 216 valence electrons. The van der Waals surface area contributed by atoms with Gasteiger partial charge in [0.05, 0.1) is 6.61 Å². The summed E-state index contributed by atoms with van der Waals surface area (Å²) in [7, 11) is -3.45. The molecule has 0 fully saturated rings. The van der Waals surface area contributed by atoms with E-state index in [1.807, 2.05) is 0 Å². The molecule has 3 nitrogen and oxygen atoms in total. The molecule has 1 heterocycles. The fourth-order valence-corrected chi connectivity index (χ4v) is 12.1. The minimum absolute atomic E-state index is 0.191. The normalized spacial score (nSPS) is 20.8. The molecule has 1 aliphatic heterocycles. The van der Waals surface area contributed by atoms with E-state index in [1.165, 1.54) is 54.1 Å². The fourth-order valence-electron chi connectivity index (χ4n) is 6.90. The molecule has 2 atom stereocenters. The van der Waals surface area contributed by atoms with Crippen LogP contribution in [0.15, 0.2) is 23.8 Å². The average molecular weight is 559 g/mol. The first kappa shape index (κ1) is 31.5. The summed E-state index contributed by atoms with van der Waals surface area (Å²) in [6.07, 6.45) is 9.68. The summed E-state index contributed by atoms with van der Waals surface area (Å²) >= 11 is 0. The largest absolute Gasteiger partial charge is 0.543 e. The maximum Gasteiger partial charge on any atom is 0.250 e. The molecule has 0 radical (unpaired) electrons. The molecule has 5 heteroatoms. The minimum atomic E-state index is -1.84. The lowest BCUT2D eigenvalue weighted by Gasteiger charge is -2.47. The second kappa shape index (κ2) is 13.5. The Hall–Kier alpha value is -1.05. The van der Waals surface area contributed by atoms with Crippen molar-refractivity contribution in [3.63, 3.8) is 0 Å². The summed E-state index contributed by atoms with van der Waals surface area (Å²) in [4.78, 5) is 0. The van der Waals surface area contributed by atoms with Crippen LogP contribution in [0.2, 0.25) is 36.3 Å². The van der Waals surface area contributed by atoms with Crippen molar-refractivity contribution in [2.24, 2.45) is 5.92 Å². The third kappa shape index (κ3) is 6.80. The van der Waals surface area contributed by atoms with Crippen LogP contribution in [0.1, 0.15) is 111 Å². The molecular formula is C33H58O3Si2. The smallest absolute Gasteiger partial charge is 0.250 e. The van der Waals surface area contributed by atoms with E-state index in [1.54, 1.807) is 0 Å². The third-order valence-corrected chi connectivity index (χ3v) is 19.4. The number of hydrogen-bond donors (Lipinski definition) is 0. The number of hydrogen-bond acceptors (Lipinski definition) is 3. The molecule has 0 bridgehead atoms. The molecule has 2 aliphatic rings. The Morgan fingerprint density at radius 1 is 0.868 bits per heavy atom. The summed E-state index contributed by atoms with van der Waals surface area (Å²) in [5.41, 5.74) is 4.00. The number of benzene rings is 1. The first-order valence-corrected chi connectivity index (χ1v) is 21.1. The zero-order chi connectivity index (χ0) is 28.0. The second-order valence-corrected chi connectivity index (χ2v) is 22.0. The van der Waals surface area contributed by atoms with Crippen molar-refractivity contribution in [2.45, 2.75) is 149 Å². The number of rotatable bonds is 15. The Morgan fingerprint density at radius 2 is 1.50 bits per heavy atom. The highest BCUT2D eigenvalue weighted by Crippen LogP contribution is 2.54. The van der Waals surface area contributed by atoms with Gasteiger partial charge in [0.2, 0.25) is 8.32 Å². The van der Waals surface area contributed by atoms with Crippen LogP contribution in [0.25, 0.3) is 0 Å². The Kier molecular flexibility index (Phi) is 11.2. The van der Waals surface area contributed by atoms with E-state index >= 15 is 0 Å². The Labute approximate surface area is 237 Å². The van der Waals surface area contributed by atoms with E-state index in [-0.39, 0.29) is 5.60 Å². The van der Waals surface area contributed by atoms with Gasteiger partial charge >= 0.3 is 0 Å². The van der Waals surface area contributed by atoms with Crippen LogP contribution in [-0.2, 0) is 10.8 Å².